The fourth-order valence-electron chi connectivity index (χ4n) is 2.90. The van der Waals surface area contributed by atoms with Crippen LogP contribution in [0.1, 0.15) is 31.2 Å². The average molecular weight is 339 g/mol. The van der Waals surface area contributed by atoms with Gasteiger partial charge in [-0.1, -0.05) is 6.07 Å². The number of esters is 1. The molecule has 7 heteroatoms. The fourth-order valence-corrected chi connectivity index (χ4v) is 2.90. The van der Waals surface area contributed by atoms with Crippen molar-refractivity contribution in [2.24, 2.45) is 5.92 Å². The van der Waals surface area contributed by atoms with E-state index < -0.39 is 29.6 Å². The first-order chi connectivity index (χ1) is 11.4. The summed E-state index contributed by atoms with van der Waals surface area (Å²) in [5.41, 5.74) is 0.287. The summed E-state index contributed by atoms with van der Waals surface area (Å²) in [5.74, 6) is -3.43. The van der Waals surface area contributed by atoms with Gasteiger partial charge in [-0.05, 0) is 36.5 Å². The Kier molecular flexibility index (Phi) is 6.00. The van der Waals surface area contributed by atoms with Gasteiger partial charge in [0, 0.05) is 12.8 Å². The lowest BCUT2D eigenvalue weighted by Crippen LogP contribution is -2.48. The molecular weight excluding hydrogens is 320 g/mol. The molecule has 0 radical (unpaired) electrons. The van der Waals surface area contributed by atoms with Gasteiger partial charge in [0.25, 0.3) is 0 Å². The van der Waals surface area contributed by atoms with E-state index in [1.165, 1.54) is 13.2 Å². The van der Waals surface area contributed by atoms with Crippen LogP contribution in [-0.2, 0) is 25.5 Å². The molecular formula is C17H19F2NO4. The number of Topliss-reactive ketones (excluding diaryl/α,β-unsaturated/α-hetero) is 1. The summed E-state index contributed by atoms with van der Waals surface area (Å²) in [6.45, 7) is 0. The van der Waals surface area contributed by atoms with E-state index in [0.29, 0.717) is 19.3 Å². The molecule has 5 nitrogen and oxygen atoms in total. The Balaban J connectivity index is 2.05. The Morgan fingerprint density at radius 1 is 1.33 bits per heavy atom. The highest BCUT2D eigenvalue weighted by molar-refractivity contribution is 5.87. The number of benzene rings is 1. The zero-order valence-corrected chi connectivity index (χ0v) is 13.3. The molecule has 1 aromatic rings. The summed E-state index contributed by atoms with van der Waals surface area (Å²) in [6.07, 6.45) is 1.79. The van der Waals surface area contributed by atoms with Gasteiger partial charge in [0.2, 0.25) is 5.91 Å². The van der Waals surface area contributed by atoms with E-state index in [2.05, 4.69) is 5.32 Å². The molecule has 0 heterocycles. The van der Waals surface area contributed by atoms with Crippen LogP contribution in [0.15, 0.2) is 18.2 Å². The Bertz CT molecular complexity index is 647. The maximum atomic E-state index is 13.2. The lowest BCUT2D eigenvalue weighted by Gasteiger charge is -2.28. The Hall–Kier alpha value is -2.31. The van der Waals surface area contributed by atoms with E-state index in [-0.39, 0.29) is 30.1 Å². The summed E-state index contributed by atoms with van der Waals surface area (Å²) >= 11 is 0. The molecule has 2 rings (SSSR count). The van der Waals surface area contributed by atoms with E-state index in [0.717, 1.165) is 12.1 Å². The second-order valence-corrected chi connectivity index (χ2v) is 5.89. The maximum absolute atomic E-state index is 13.2. The van der Waals surface area contributed by atoms with Crippen molar-refractivity contribution in [3.63, 3.8) is 0 Å². The van der Waals surface area contributed by atoms with Gasteiger partial charge in [-0.15, -0.1) is 0 Å². The number of hydrogen-bond donors (Lipinski definition) is 1. The monoisotopic (exact) mass is 339 g/mol. The minimum atomic E-state index is -1.04. The molecule has 24 heavy (non-hydrogen) atoms. The topological polar surface area (TPSA) is 72.5 Å². The SMILES string of the molecule is COC(=O)[C@H](NC(=O)Cc1ccc(F)c(F)c1)[C@@H]1CCCC(=O)C1. The van der Waals surface area contributed by atoms with Crippen molar-refractivity contribution in [2.45, 2.75) is 38.1 Å². The van der Waals surface area contributed by atoms with Gasteiger partial charge < -0.3 is 10.1 Å². The minimum absolute atomic E-state index is 0.0509. The summed E-state index contributed by atoms with van der Waals surface area (Å²) in [5, 5.41) is 2.56. The first kappa shape index (κ1) is 18.0. The minimum Gasteiger partial charge on any atom is -0.467 e. The van der Waals surface area contributed by atoms with Gasteiger partial charge in [-0.25, -0.2) is 13.6 Å². The van der Waals surface area contributed by atoms with Crippen molar-refractivity contribution < 1.29 is 27.9 Å². The van der Waals surface area contributed by atoms with Gasteiger partial charge in [-0.2, -0.15) is 0 Å². The molecule has 1 amide bonds. The second kappa shape index (κ2) is 7.99. The predicted molar refractivity (Wildman–Crippen MR) is 81.0 cm³/mol. The van der Waals surface area contributed by atoms with Crippen LogP contribution in [-0.4, -0.2) is 30.8 Å². The number of carbonyl (C=O) groups is 3. The molecule has 1 fully saturated rings. The number of ether oxygens (including phenoxy) is 1. The third-order valence-corrected chi connectivity index (χ3v) is 4.11. The van der Waals surface area contributed by atoms with Crippen molar-refractivity contribution in [3.8, 4) is 0 Å². The summed E-state index contributed by atoms with van der Waals surface area (Å²) in [7, 11) is 1.21. The second-order valence-electron chi connectivity index (χ2n) is 5.89. The standard InChI is InChI=1S/C17H19F2NO4/c1-24-17(23)16(11-3-2-4-12(21)9-11)20-15(22)8-10-5-6-13(18)14(19)7-10/h5-7,11,16H,2-4,8-9H2,1H3,(H,20,22)/t11-,16-/m1/s1. The molecule has 1 aliphatic rings. The van der Waals surface area contributed by atoms with Crippen LogP contribution >= 0.6 is 0 Å². The van der Waals surface area contributed by atoms with Crippen LogP contribution in [0, 0.1) is 17.6 Å². The highest BCUT2D eigenvalue weighted by Crippen LogP contribution is 2.25. The summed E-state index contributed by atoms with van der Waals surface area (Å²) in [4.78, 5) is 35.7. The third kappa shape index (κ3) is 4.59. The predicted octanol–water partition coefficient (Wildman–Crippen LogP) is 1.92. The molecule has 1 N–H and O–H groups in total. The number of amides is 1. The van der Waals surface area contributed by atoms with E-state index >= 15 is 0 Å². The van der Waals surface area contributed by atoms with Crippen LogP contribution in [0.3, 0.4) is 0 Å². The van der Waals surface area contributed by atoms with Crippen molar-refractivity contribution in [1.29, 1.82) is 0 Å². The number of rotatable bonds is 5. The molecule has 1 aromatic carbocycles. The molecule has 130 valence electrons. The van der Waals surface area contributed by atoms with Crippen LogP contribution in [0.4, 0.5) is 8.78 Å². The Morgan fingerprint density at radius 3 is 2.71 bits per heavy atom. The third-order valence-electron chi connectivity index (χ3n) is 4.11. The summed E-state index contributed by atoms with van der Waals surface area (Å²) < 4.78 is 30.8. The molecule has 0 bridgehead atoms. The van der Waals surface area contributed by atoms with Crippen LogP contribution in [0.25, 0.3) is 0 Å². The van der Waals surface area contributed by atoms with Crippen molar-refractivity contribution >= 4 is 17.7 Å². The van der Waals surface area contributed by atoms with Crippen molar-refractivity contribution in [3.05, 3.63) is 35.4 Å². The van der Waals surface area contributed by atoms with Gasteiger partial charge in [0.1, 0.15) is 11.8 Å². The number of nitrogens with one attached hydrogen (secondary N) is 1. The van der Waals surface area contributed by atoms with Crippen molar-refractivity contribution in [2.75, 3.05) is 7.11 Å². The first-order valence-corrected chi connectivity index (χ1v) is 7.73. The quantitative estimate of drug-likeness (QED) is 0.832. The molecule has 1 saturated carbocycles. The molecule has 0 aliphatic heterocycles. The Labute approximate surface area is 138 Å². The fraction of sp³-hybridized carbons (Fsp3) is 0.471. The Morgan fingerprint density at radius 2 is 2.08 bits per heavy atom. The van der Waals surface area contributed by atoms with Crippen LogP contribution < -0.4 is 5.32 Å². The molecule has 0 spiro atoms. The van der Waals surface area contributed by atoms with E-state index in [4.69, 9.17) is 4.74 Å². The zero-order valence-electron chi connectivity index (χ0n) is 13.3. The maximum Gasteiger partial charge on any atom is 0.328 e. The van der Waals surface area contributed by atoms with Crippen molar-refractivity contribution in [1.82, 2.24) is 5.32 Å². The van der Waals surface area contributed by atoms with Crippen LogP contribution in [0.5, 0.6) is 0 Å². The molecule has 0 unspecified atom stereocenters. The largest absolute Gasteiger partial charge is 0.467 e. The number of carbonyl (C=O) groups excluding carboxylic acids is 3. The molecule has 1 aliphatic carbocycles. The lowest BCUT2D eigenvalue weighted by molar-refractivity contribution is -0.147. The lowest BCUT2D eigenvalue weighted by atomic mass is 9.83. The first-order valence-electron chi connectivity index (χ1n) is 7.73. The van der Waals surface area contributed by atoms with Gasteiger partial charge in [-0.3, -0.25) is 9.59 Å². The average Bonchev–Trinajstić information content (AvgIpc) is 2.55. The summed E-state index contributed by atoms with van der Waals surface area (Å²) in [6, 6.07) is 2.26. The highest BCUT2D eigenvalue weighted by Gasteiger charge is 2.34. The molecule has 2 atom stereocenters. The van der Waals surface area contributed by atoms with E-state index in [1.54, 1.807) is 0 Å². The number of methoxy groups -OCH3 is 1. The smallest absolute Gasteiger partial charge is 0.328 e. The van der Waals surface area contributed by atoms with Gasteiger partial charge in [0.05, 0.1) is 13.5 Å². The molecule has 0 saturated heterocycles. The molecule has 0 aromatic heterocycles. The van der Waals surface area contributed by atoms with Gasteiger partial charge in [0.15, 0.2) is 11.6 Å². The van der Waals surface area contributed by atoms with E-state index in [1.807, 2.05) is 0 Å². The van der Waals surface area contributed by atoms with Gasteiger partial charge >= 0.3 is 5.97 Å². The number of ketones is 1. The van der Waals surface area contributed by atoms with E-state index in [9.17, 15) is 23.2 Å². The normalized spacial score (nSPS) is 18.8. The van der Waals surface area contributed by atoms with Crippen LogP contribution in [0.2, 0.25) is 0 Å². The number of hydrogen-bond acceptors (Lipinski definition) is 4. The zero-order chi connectivity index (χ0) is 17.7. The number of halogens is 2. The highest BCUT2D eigenvalue weighted by atomic mass is 19.2.